The summed E-state index contributed by atoms with van der Waals surface area (Å²) in [4.78, 5) is 8.46. The van der Waals surface area contributed by atoms with Crippen molar-refractivity contribution in [3.63, 3.8) is 0 Å². The van der Waals surface area contributed by atoms with Crippen LogP contribution in [-0.2, 0) is 6.54 Å². The van der Waals surface area contributed by atoms with Crippen LogP contribution in [0, 0.1) is 11.2 Å². The molecule has 1 aromatic rings. The highest BCUT2D eigenvalue weighted by Gasteiger charge is 2.34. The minimum Gasteiger partial charge on any atom is -0.357 e. The number of hydrogen-bond acceptors (Lipinski definition) is 2. The van der Waals surface area contributed by atoms with E-state index in [9.17, 15) is 4.39 Å². The van der Waals surface area contributed by atoms with Crippen LogP contribution in [0.2, 0.25) is 0 Å². The molecule has 2 N–H and O–H groups in total. The maximum absolute atomic E-state index is 13.5. The van der Waals surface area contributed by atoms with Crippen LogP contribution in [0.1, 0.15) is 45.2 Å². The molecule has 1 aromatic heterocycles. The Balaban J connectivity index is 0.00000242. The molecule has 0 radical (unpaired) electrons. The van der Waals surface area contributed by atoms with E-state index in [-0.39, 0.29) is 36.3 Å². The van der Waals surface area contributed by atoms with Crippen LogP contribution in [-0.4, -0.2) is 24.0 Å². The zero-order chi connectivity index (χ0) is 15.1. The normalized spacial score (nSPS) is 16.4. The number of aliphatic imine (C=N–C) groups is 1. The predicted octanol–water partition coefficient (Wildman–Crippen LogP) is 3.47. The van der Waals surface area contributed by atoms with Gasteiger partial charge in [-0.05, 0) is 43.7 Å². The molecule has 0 saturated heterocycles. The molecule has 0 atom stereocenters. The number of guanidine groups is 1. The zero-order valence-electron chi connectivity index (χ0n) is 13.4. The molecule has 4 nitrogen and oxygen atoms in total. The fourth-order valence-corrected chi connectivity index (χ4v) is 2.63. The molecule has 124 valence electrons. The van der Waals surface area contributed by atoms with Gasteiger partial charge in [-0.1, -0.05) is 13.3 Å². The minimum atomic E-state index is -0.305. The predicted molar refractivity (Wildman–Crippen MR) is 99.0 cm³/mol. The summed E-state index contributed by atoms with van der Waals surface area (Å²) in [6.45, 7) is 6.24. The van der Waals surface area contributed by atoms with Gasteiger partial charge in [0.15, 0.2) is 5.96 Å². The van der Waals surface area contributed by atoms with Gasteiger partial charge in [0.2, 0.25) is 0 Å². The van der Waals surface area contributed by atoms with Gasteiger partial charge >= 0.3 is 0 Å². The number of nitrogens with zero attached hydrogens (tertiary/aromatic N) is 2. The van der Waals surface area contributed by atoms with Crippen LogP contribution in [0.5, 0.6) is 0 Å². The van der Waals surface area contributed by atoms with Gasteiger partial charge in [0.1, 0.15) is 5.82 Å². The van der Waals surface area contributed by atoms with E-state index in [0.29, 0.717) is 11.1 Å². The van der Waals surface area contributed by atoms with Crippen LogP contribution in [0.25, 0.3) is 0 Å². The van der Waals surface area contributed by atoms with Gasteiger partial charge < -0.3 is 10.6 Å². The summed E-state index contributed by atoms with van der Waals surface area (Å²) < 4.78 is 13.5. The molecular formula is C16H26FIN4. The third-order valence-electron chi connectivity index (χ3n) is 4.36. The van der Waals surface area contributed by atoms with E-state index >= 15 is 0 Å². The largest absolute Gasteiger partial charge is 0.357 e. The Morgan fingerprint density at radius 1 is 1.36 bits per heavy atom. The van der Waals surface area contributed by atoms with Crippen molar-refractivity contribution in [2.24, 2.45) is 10.4 Å². The first kappa shape index (κ1) is 19.1. The van der Waals surface area contributed by atoms with Gasteiger partial charge in [-0.25, -0.2) is 9.38 Å². The molecule has 0 amide bonds. The molecule has 0 spiro atoms. The highest BCUT2D eigenvalue weighted by atomic mass is 127. The standard InChI is InChI=1S/C16H25FN4.HI/c1-3-16(8-6-9-16)12-21-15(18-4-2)20-11-14-13(17)7-5-10-19-14;/h5,7,10H,3-4,6,8-9,11-12H2,1-2H3,(H2,18,20,21);1H. The van der Waals surface area contributed by atoms with Crippen LogP contribution in [0.15, 0.2) is 23.3 Å². The molecule has 22 heavy (non-hydrogen) atoms. The van der Waals surface area contributed by atoms with Crippen LogP contribution < -0.4 is 10.6 Å². The van der Waals surface area contributed by atoms with E-state index in [1.165, 1.54) is 31.7 Å². The van der Waals surface area contributed by atoms with E-state index in [0.717, 1.165) is 19.0 Å². The number of nitrogens with one attached hydrogen (secondary N) is 2. The molecule has 1 heterocycles. The van der Waals surface area contributed by atoms with Crippen LogP contribution >= 0.6 is 24.0 Å². The SMILES string of the molecule is CCNC(=NCc1ncccc1F)NCC1(CC)CCC1.I. The fourth-order valence-electron chi connectivity index (χ4n) is 2.63. The summed E-state index contributed by atoms with van der Waals surface area (Å²) in [5, 5.41) is 6.60. The van der Waals surface area contributed by atoms with Gasteiger partial charge in [-0.2, -0.15) is 0 Å². The number of rotatable bonds is 6. The number of pyridine rings is 1. The lowest BCUT2D eigenvalue weighted by Gasteiger charge is -2.41. The first-order chi connectivity index (χ1) is 10.2. The van der Waals surface area contributed by atoms with Crippen molar-refractivity contribution in [3.05, 3.63) is 29.8 Å². The fraction of sp³-hybridized carbons (Fsp3) is 0.625. The van der Waals surface area contributed by atoms with E-state index in [1.54, 1.807) is 12.3 Å². The number of halogens is 2. The topological polar surface area (TPSA) is 49.3 Å². The minimum absolute atomic E-state index is 0. The highest BCUT2D eigenvalue weighted by Crippen LogP contribution is 2.42. The number of hydrogen-bond donors (Lipinski definition) is 2. The Bertz CT molecular complexity index is 483. The molecule has 1 aliphatic rings. The summed E-state index contributed by atoms with van der Waals surface area (Å²) >= 11 is 0. The monoisotopic (exact) mass is 420 g/mol. The van der Waals surface area contributed by atoms with E-state index in [2.05, 4.69) is 27.5 Å². The van der Waals surface area contributed by atoms with Crippen molar-refractivity contribution in [1.82, 2.24) is 15.6 Å². The van der Waals surface area contributed by atoms with Crippen molar-refractivity contribution in [3.8, 4) is 0 Å². The molecule has 0 aromatic carbocycles. The molecule has 1 aliphatic carbocycles. The lowest BCUT2D eigenvalue weighted by molar-refractivity contribution is 0.131. The molecule has 0 unspecified atom stereocenters. The second-order valence-electron chi connectivity index (χ2n) is 5.69. The van der Waals surface area contributed by atoms with Gasteiger partial charge in [0.05, 0.1) is 12.2 Å². The summed E-state index contributed by atoms with van der Waals surface area (Å²) in [5.74, 6) is 0.434. The molecule has 0 aliphatic heterocycles. The third kappa shape index (κ3) is 5.07. The van der Waals surface area contributed by atoms with Gasteiger partial charge in [-0.3, -0.25) is 4.98 Å². The smallest absolute Gasteiger partial charge is 0.191 e. The quantitative estimate of drug-likeness (QED) is 0.421. The molecule has 1 fully saturated rings. The molecular weight excluding hydrogens is 394 g/mol. The lowest BCUT2D eigenvalue weighted by atomic mass is 9.67. The average molecular weight is 420 g/mol. The molecule has 6 heteroatoms. The summed E-state index contributed by atoms with van der Waals surface area (Å²) in [5.41, 5.74) is 0.801. The maximum Gasteiger partial charge on any atom is 0.191 e. The van der Waals surface area contributed by atoms with Crippen molar-refractivity contribution in [2.45, 2.75) is 46.1 Å². The Hall–Kier alpha value is -0.920. The van der Waals surface area contributed by atoms with Crippen LogP contribution in [0.4, 0.5) is 4.39 Å². The Labute approximate surface area is 149 Å². The Kier molecular flexibility index (Phi) is 8.06. The van der Waals surface area contributed by atoms with E-state index < -0.39 is 0 Å². The highest BCUT2D eigenvalue weighted by molar-refractivity contribution is 14.0. The summed E-state index contributed by atoms with van der Waals surface area (Å²) in [6, 6.07) is 3.01. The summed E-state index contributed by atoms with van der Waals surface area (Å²) in [6.07, 6.45) is 6.67. The van der Waals surface area contributed by atoms with Crippen LogP contribution in [0.3, 0.4) is 0 Å². The molecule has 0 bridgehead atoms. The van der Waals surface area contributed by atoms with Crippen molar-refractivity contribution < 1.29 is 4.39 Å². The van der Waals surface area contributed by atoms with Crippen molar-refractivity contribution >= 4 is 29.9 Å². The Morgan fingerprint density at radius 2 is 2.14 bits per heavy atom. The Morgan fingerprint density at radius 3 is 2.68 bits per heavy atom. The zero-order valence-corrected chi connectivity index (χ0v) is 15.7. The first-order valence-electron chi connectivity index (χ1n) is 7.81. The van der Waals surface area contributed by atoms with E-state index in [4.69, 9.17) is 0 Å². The summed E-state index contributed by atoms with van der Waals surface area (Å²) in [7, 11) is 0. The lowest BCUT2D eigenvalue weighted by Crippen LogP contribution is -2.46. The van der Waals surface area contributed by atoms with Gasteiger partial charge in [-0.15, -0.1) is 24.0 Å². The number of aromatic nitrogens is 1. The molecule has 2 rings (SSSR count). The third-order valence-corrected chi connectivity index (χ3v) is 4.36. The van der Waals surface area contributed by atoms with Gasteiger partial charge in [0.25, 0.3) is 0 Å². The van der Waals surface area contributed by atoms with Crippen molar-refractivity contribution in [2.75, 3.05) is 13.1 Å². The first-order valence-corrected chi connectivity index (χ1v) is 7.81. The average Bonchev–Trinajstić information content (AvgIpc) is 2.45. The second kappa shape index (κ2) is 9.27. The van der Waals surface area contributed by atoms with Crippen molar-refractivity contribution in [1.29, 1.82) is 0 Å². The molecule has 1 saturated carbocycles. The van der Waals surface area contributed by atoms with Gasteiger partial charge in [0, 0.05) is 19.3 Å². The van der Waals surface area contributed by atoms with E-state index in [1.807, 2.05) is 6.92 Å². The second-order valence-corrected chi connectivity index (χ2v) is 5.69. The maximum atomic E-state index is 13.5.